The van der Waals surface area contributed by atoms with Gasteiger partial charge in [-0.15, -0.1) is 0 Å². The first-order chi connectivity index (χ1) is 14.9. The van der Waals surface area contributed by atoms with E-state index >= 15 is 0 Å². The predicted molar refractivity (Wildman–Crippen MR) is 113 cm³/mol. The summed E-state index contributed by atoms with van der Waals surface area (Å²) in [6, 6.07) is 13.1. The topological polar surface area (TPSA) is 73.2 Å². The van der Waals surface area contributed by atoms with Crippen molar-refractivity contribution in [3.63, 3.8) is 0 Å². The number of ether oxygens (including phenoxy) is 1. The van der Waals surface area contributed by atoms with Crippen molar-refractivity contribution in [3.8, 4) is 17.0 Å². The Kier molecular flexibility index (Phi) is 7.12. The summed E-state index contributed by atoms with van der Waals surface area (Å²) in [7, 11) is 1.55. The Morgan fingerprint density at radius 1 is 1.13 bits per heavy atom. The van der Waals surface area contributed by atoms with Crippen molar-refractivity contribution in [1.29, 1.82) is 0 Å². The standard InChI is InChI=1S/C23H23F2N3O3/c1-3-17(26-22(29)13-16-6-4-5-7-21(16)31-2)14-28-23(30)11-10-20(27-28)15-8-9-18(24)19(25)12-15/h4-12,17H,3,13-14H2,1-2H3,(H,26,29)/t17-/m1/s1. The lowest BCUT2D eigenvalue weighted by Gasteiger charge is -2.18. The number of para-hydroxylation sites is 1. The van der Waals surface area contributed by atoms with Gasteiger partial charge in [-0.2, -0.15) is 5.10 Å². The number of methoxy groups -OCH3 is 1. The lowest BCUT2D eigenvalue weighted by Crippen LogP contribution is -2.41. The van der Waals surface area contributed by atoms with E-state index in [9.17, 15) is 18.4 Å². The summed E-state index contributed by atoms with van der Waals surface area (Å²) in [5.41, 5.74) is 1.08. The lowest BCUT2D eigenvalue weighted by atomic mass is 10.1. The van der Waals surface area contributed by atoms with Gasteiger partial charge < -0.3 is 10.1 Å². The lowest BCUT2D eigenvalue weighted by molar-refractivity contribution is -0.121. The number of nitrogens with one attached hydrogen (secondary N) is 1. The van der Waals surface area contributed by atoms with Gasteiger partial charge in [-0.25, -0.2) is 13.5 Å². The molecule has 1 N–H and O–H groups in total. The van der Waals surface area contributed by atoms with E-state index in [0.29, 0.717) is 23.4 Å². The molecule has 2 aromatic carbocycles. The molecule has 31 heavy (non-hydrogen) atoms. The second-order valence-electron chi connectivity index (χ2n) is 7.03. The molecule has 1 heterocycles. The molecular formula is C23H23F2N3O3. The van der Waals surface area contributed by atoms with E-state index in [1.807, 2.05) is 25.1 Å². The van der Waals surface area contributed by atoms with Crippen LogP contribution in [0.25, 0.3) is 11.3 Å². The van der Waals surface area contributed by atoms with Crippen LogP contribution in [0.3, 0.4) is 0 Å². The number of halogens is 2. The Bertz CT molecular complexity index is 1130. The van der Waals surface area contributed by atoms with Crippen LogP contribution >= 0.6 is 0 Å². The fraction of sp³-hybridized carbons (Fsp3) is 0.261. The van der Waals surface area contributed by atoms with E-state index in [1.54, 1.807) is 13.2 Å². The van der Waals surface area contributed by atoms with E-state index in [0.717, 1.165) is 17.7 Å². The first-order valence-corrected chi connectivity index (χ1v) is 9.86. The molecule has 3 aromatic rings. The van der Waals surface area contributed by atoms with Crippen molar-refractivity contribution in [2.45, 2.75) is 32.4 Å². The van der Waals surface area contributed by atoms with Crippen molar-refractivity contribution in [2.24, 2.45) is 0 Å². The van der Waals surface area contributed by atoms with Gasteiger partial charge in [0.2, 0.25) is 5.91 Å². The Morgan fingerprint density at radius 2 is 1.90 bits per heavy atom. The summed E-state index contributed by atoms with van der Waals surface area (Å²) in [4.78, 5) is 24.8. The van der Waals surface area contributed by atoms with Crippen LogP contribution in [0.2, 0.25) is 0 Å². The van der Waals surface area contributed by atoms with Gasteiger partial charge in [-0.05, 0) is 36.8 Å². The molecule has 0 aliphatic carbocycles. The van der Waals surface area contributed by atoms with Gasteiger partial charge in [0.25, 0.3) is 5.56 Å². The number of aromatic nitrogens is 2. The van der Waals surface area contributed by atoms with E-state index in [-0.39, 0.29) is 30.5 Å². The van der Waals surface area contributed by atoms with E-state index in [2.05, 4.69) is 10.4 Å². The molecule has 1 atom stereocenters. The molecule has 3 rings (SSSR count). The highest BCUT2D eigenvalue weighted by Gasteiger charge is 2.15. The molecule has 0 fully saturated rings. The highest BCUT2D eigenvalue weighted by Crippen LogP contribution is 2.19. The van der Waals surface area contributed by atoms with Crippen molar-refractivity contribution in [3.05, 3.63) is 82.1 Å². The Hall–Kier alpha value is -3.55. The Balaban J connectivity index is 1.74. The number of carbonyl (C=O) groups is 1. The quantitative estimate of drug-likeness (QED) is 0.599. The van der Waals surface area contributed by atoms with Crippen LogP contribution in [-0.2, 0) is 17.8 Å². The molecule has 0 spiro atoms. The molecule has 0 aliphatic rings. The highest BCUT2D eigenvalue weighted by atomic mass is 19.2. The molecule has 162 valence electrons. The summed E-state index contributed by atoms with van der Waals surface area (Å²) < 4.78 is 33.3. The van der Waals surface area contributed by atoms with Gasteiger partial charge in [0.15, 0.2) is 11.6 Å². The maximum Gasteiger partial charge on any atom is 0.266 e. The van der Waals surface area contributed by atoms with Gasteiger partial charge in [0, 0.05) is 23.2 Å². The number of hydrogen-bond donors (Lipinski definition) is 1. The molecular weight excluding hydrogens is 404 g/mol. The van der Waals surface area contributed by atoms with E-state index in [1.165, 1.54) is 22.9 Å². The summed E-state index contributed by atoms with van der Waals surface area (Å²) in [5.74, 6) is -1.53. The summed E-state index contributed by atoms with van der Waals surface area (Å²) in [6.07, 6.45) is 0.707. The molecule has 0 saturated carbocycles. The van der Waals surface area contributed by atoms with Crippen LogP contribution < -0.4 is 15.6 Å². The molecule has 0 unspecified atom stereocenters. The van der Waals surface area contributed by atoms with Crippen molar-refractivity contribution >= 4 is 5.91 Å². The molecule has 1 amide bonds. The number of nitrogens with zero attached hydrogens (tertiary/aromatic N) is 2. The van der Waals surface area contributed by atoms with Crippen molar-refractivity contribution in [2.75, 3.05) is 7.11 Å². The normalized spacial score (nSPS) is 11.7. The smallest absolute Gasteiger partial charge is 0.266 e. The molecule has 8 heteroatoms. The summed E-state index contributed by atoms with van der Waals surface area (Å²) >= 11 is 0. The third-order valence-electron chi connectivity index (χ3n) is 4.88. The molecule has 0 saturated heterocycles. The second-order valence-corrected chi connectivity index (χ2v) is 7.03. The maximum absolute atomic E-state index is 13.6. The number of rotatable bonds is 8. The van der Waals surface area contributed by atoms with Gasteiger partial charge in [0.05, 0.1) is 25.8 Å². The van der Waals surface area contributed by atoms with Gasteiger partial charge >= 0.3 is 0 Å². The van der Waals surface area contributed by atoms with Crippen LogP contribution in [0.4, 0.5) is 8.78 Å². The highest BCUT2D eigenvalue weighted by molar-refractivity contribution is 5.79. The first kappa shape index (κ1) is 22.1. The van der Waals surface area contributed by atoms with E-state index in [4.69, 9.17) is 4.74 Å². The van der Waals surface area contributed by atoms with E-state index < -0.39 is 11.6 Å². The third kappa shape index (κ3) is 5.53. The zero-order valence-electron chi connectivity index (χ0n) is 17.3. The van der Waals surface area contributed by atoms with Crippen LogP contribution in [0.15, 0.2) is 59.4 Å². The minimum Gasteiger partial charge on any atom is -0.496 e. The van der Waals surface area contributed by atoms with Crippen LogP contribution in [0, 0.1) is 11.6 Å². The molecule has 0 radical (unpaired) electrons. The molecule has 0 bridgehead atoms. The average Bonchev–Trinajstić information content (AvgIpc) is 2.77. The van der Waals surface area contributed by atoms with Crippen LogP contribution in [0.5, 0.6) is 5.75 Å². The first-order valence-electron chi connectivity index (χ1n) is 9.86. The van der Waals surface area contributed by atoms with Gasteiger partial charge in [-0.3, -0.25) is 9.59 Å². The number of benzene rings is 2. The van der Waals surface area contributed by atoms with Gasteiger partial charge in [0.1, 0.15) is 5.75 Å². The number of amides is 1. The minimum absolute atomic E-state index is 0.137. The van der Waals surface area contributed by atoms with Gasteiger partial charge in [-0.1, -0.05) is 25.1 Å². The minimum atomic E-state index is -0.993. The molecule has 1 aromatic heterocycles. The Morgan fingerprint density at radius 3 is 2.61 bits per heavy atom. The van der Waals surface area contributed by atoms with Crippen LogP contribution in [-0.4, -0.2) is 28.8 Å². The van der Waals surface area contributed by atoms with Crippen molar-refractivity contribution in [1.82, 2.24) is 15.1 Å². The fourth-order valence-corrected chi connectivity index (χ4v) is 3.18. The maximum atomic E-state index is 13.6. The predicted octanol–water partition coefficient (Wildman–Crippen LogP) is 3.33. The number of hydrogen-bond acceptors (Lipinski definition) is 4. The van der Waals surface area contributed by atoms with Crippen LogP contribution in [0.1, 0.15) is 18.9 Å². The number of carbonyl (C=O) groups excluding carboxylic acids is 1. The largest absolute Gasteiger partial charge is 0.496 e. The average molecular weight is 427 g/mol. The summed E-state index contributed by atoms with van der Waals surface area (Å²) in [5, 5.41) is 7.18. The zero-order valence-corrected chi connectivity index (χ0v) is 17.3. The fourth-order valence-electron chi connectivity index (χ4n) is 3.18. The molecule has 6 nitrogen and oxygen atoms in total. The zero-order chi connectivity index (χ0) is 22.4. The summed E-state index contributed by atoms with van der Waals surface area (Å²) in [6.45, 7) is 2.03. The monoisotopic (exact) mass is 427 g/mol. The van der Waals surface area contributed by atoms with Crippen molar-refractivity contribution < 1.29 is 18.3 Å². The molecule has 0 aliphatic heterocycles. The SMILES string of the molecule is CC[C@H](Cn1nc(-c2ccc(F)c(F)c2)ccc1=O)NC(=O)Cc1ccccc1OC. The Labute approximate surface area is 178 Å². The second kappa shape index (κ2) is 9.97. The third-order valence-corrected chi connectivity index (χ3v) is 4.88.